The molecule has 0 saturated carbocycles. The number of carbonyl (C=O) groups is 1. The summed E-state index contributed by atoms with van der Waals surface area (Å²) in [6.45, 7) is 4.03. The third kappa shape index (κ3) is 3.19. The van der Waals surface area contributed by atoms with Crippen LogP contribution in [0.3, 0.4) is 0 Å². The molecule has 3 nitrogen and oxygen atoms in total. The fourth-order valence-corrected chi connectivity index (χ4v) is 1.72. The molecular formula is C13H19FN2O. The molecule has 1 aromatic carbocycles. The molecule has 0 aliphatic heterocycles. The number of amides is 1. The van der Waals surface area contributed by atoms with Gasteiger partial charge in [-0.25, -0.2) is 4.39 Å². The summed E-state index contributed by atoms with van der Waals surface area (Å²) in [4.78, 5) is 12.0. The van der Waals surface area contributed by atoms with Crippen LogP contribution in [-0.4, -0.2) is 19.0 Å². The van der Waals surface area contributed by atoms with Crippen molar-refractivity contribution in [3.63, 3.8) is 0 Å². The van der Waals surface area contributed by atoms with Gasteiger partial charge in [0, 0.05) is 13.1 Å². The highest BCUT2D eigenvalue weighted by Crippen LogP contribution is 2.19. The highest BCUT2D eigenvalue weighted by molar-refractivity contribution is 5.99. The van der Waals surface area contributed by atoms with Crippen LogP contribution in [0, 0.1) is 5.82 Å². The number of hydrogen-bond donors (Lipinski definition) is 2. The van der Waals surface area contributed by atoms with E-state index >= 15 is 0 Å². The maximum Gasteiger partial charge on any atom is 0.253 e. The summed E-state index contributed by atoms with van der Waals surface area (Å²) in [6, 6.07) is 4.63. The molecule has 1 rings (SSSR count). The standard InChI is InChI=1S/C13H19FN2O/c1-4-9(5-2)16-13(17)10-7-6-8-11(14)12(10)15-3/h6-9,15H,4-5H2,1-3H3,(H,16,17). The quantitative estimate of drug-likeness (QED) is 0.828. The van der Waals surface area contributed by atoms with Gasteiger partial charge in [-0.2, -0.15) is 0 Å². The molecular weight excluding hydrogens is 219 g/mol. The average molecular weight is 238 g/mol. The zero-order chi connectivity index (χ0) is 12.8. The number of hydrogen-bond acceptors (Lipinski definition) is 2. The minimum atomic E-state index is -0.412. The molecule has 0 fully saturated rings. The maximum absolute atomic E-state index is 13.5. The lowest BCUT2D eigenvalue weighted by atomic mass is 10.1. The van der Waals surface area contributed by atoms with Crippen molar-refractivity contribution in [1.29, 1.82) is 0 Å². The second-order valence-electron chi connectivity index (χ2n) is 3.90. The van der Waals surface area contributed by atoms with Crippen molar-refractivity contribution in [1.82, 2.24) is 5.32 Å². The third-order valence-corrected chi connectivity index (χ3v) is 2.83. The van der Waals surface area contributed by atoms with Gasteiger partial charge in [0.05, 0.1) is 11.3 Å². The SMILES string of the molecule is CCC(CC)NC(=O)c1cccc(F)c1NC. The lowest BCUT2D eigenvalue weighted by molar-refractivity contribution is 0.0935. The van der Waals surface area contributed by atoms with E-state index in [4.69, 9.17) is 0 Å². The molecule has 1 aromatic rings. The average Bonchev–Trinajstić information content (AvgIpc) is 2.35. The molecule has 0 spiro atoms. The summed E-state index contributed by atoms with van der Waals surface area (Å²) in [5.41, 5.74) is 0.593. The molecule has 0 atom stereocenters. The number of carbonyl (C=O) groups excluding carboxylic acids is 1. The molecule has 4 heteroatoms. The van der Waals surface area contributed by atoms with E-state index in [1.165, 1.54) is 12.1 Å². The number of anilines is 1. The number of rotatable bonds is 5. The third-order valence-electron chi connectivity index (χ3n) is 2.83. The van der Waals surface area contributed by atoms with Crippen LogP contribution in [0.15, 0.2) is 18.2 Å². The number of nitrogens with one attached hydrogen (secondary N) is 2. The zero-order valence-electron chi connectivity index (χ0n) is 10.5. The van der Waals surface area contributed by atoms with Gasteiger partial charge in [0.25, 0.3) is 5.91 Å². The fourth-order valence-electron chi connectivity index (χ4n) is 1.72. The molecule has 1 amide bonds. The van der Waals surface area contributed by atoms with E-state index in [9.17, 15) is 9.18 Å². The second-order valence-corrected chi connectivity index (χ2v) is 3.90. The van der Waals surface area contributed by atoms with E-state index in [1.807, 2.05) is 13.8 Å². The highest BCUT2D eigenvalue weighted by Gasteiger charge is 2.16. The van der Waals surface area contributed by atoms with Gasteiger partial charge in [0.2, 0.25) is 0 Å². The molecule has 94 valence electrons. The Morgan fingerprint density at radius 3 is 2.53 bits per heavy atom. The summed E-state index contributed by atoms with van der Waals surface area (Å²) in [5, 5.41) is 5.61. The largest absolute Gasteiger partial charge is 0.385 e. The molecule has 0 aliphatic carbocycles. The molecule has 0 heterocycles. The first-order chi connectivity index (χ1) is 8.13. The molecule has 0 saturated heterocycles. The van der Waals surface area contributed by atoms with Crippen LogP contribution in [0.5, 0.6) is 0 Å². The van der Waals surface area contributed by atoms with Crippen LogP contribution in [-0.2, 0) is 0 Å². The Bertz CT molecular complexity index is 389. The van der Waals surface area contributed by atoms with Crippen molar-refractivity contribution in [3.05, 3.63) is 29.6 Å². The van der Waals surface area contributed by atoms with E-state index in [-0.39, 0.29) is 17.6 Å². The Balaban J connectivity index is 2.92. The molecule has 17 heavy (non-hydrogen) atoms. The Labute approximate surface area is 101 Å². The van der Waals surface area contributed by atoms with Crippen LogP contribution in [0.25, 0.3) is 0 Å². The van der Waals surface area contributed by atoms with E-state index < -0.39 is 5.82 Å². The van der Waals surface area contributed by atoms with Crippen LogP contribution in [0.4, 0.5) is 10.1 Å². The summed E-state index contributed by atoms with van der Waals surface area (Å²) in [6.07, 6.45) is 1.74. The minimum absolute atomic E-state index is 0.135. The number of benzene rings is 1. The maximum atomic E-state index is 13.5. The van der Waals surface area contributed by atoms with Crippen molar-refractivity contribution in [3.8, 4) is 0 Å². The smallest absolute Gasteiger partial charge is 0.253 e. The van der Waals surface area contributed by atoms with Gasteiger partial charge in [-0.05, 0) is 25.0 Å². The first-order valence-electron chi connectivity index (χ1n) is 5.91. The van der Waals surface area contributed by atoms with Crippen LogP contribution in [0.2, 0.25) is 0 Å². The molecule has 0 bridgehead atoms. The molecule has 0 aliphatic rings. The van der Waals surface area contributed by atoms with E-state index in [0.717, 1.165) is 12.8 Å². The van der Waals surface area contributed by atoms with Crippen molar-refractivity contribution in [2.75, 3.05) is 12.4 Å². The number of halogens is 1. The van der Waals surface area contributed by atoms with Crippen LogP contribution in [0.1, 0.15) is 37.0 Å². The Hall–Kier alpha value is -1.58. The van der Waals surface area contributed by atoms with Crippen LogP contribution < -0.4 is 10.6 Å². The summed E-state index contributed by atoms with van der Waals surface area (Å²) < 4.78 is 13.5. The predicted molar refractivity (Wildman–Crippen MR) is 67.8 cm³/mol. The lowest BCUT2D eigenvalue weighted by Gasteiger charge is -2.16. The summed E-state index contributed by atoms with van der Waals surface area (Å²) >= 11 is 0. The predicted octanol–water partition coefficient (Wildman–Crippen LogP) is 2.79. The fraction of sp³-hybridized carbons (Fsp3) is 0.462. The first kappa shape index (κ1) is 13.5. The number of para-hydroxylation sites is 1. The van der Waals surface area contributed by atoms with Gasteiger partial charge >= 0.3 is 0 Å². The topological polar surface area (TPSA) is 41.1 Å². The Morgan fingerprint density at radius 1 is 1.35 bits per heavy atom. The van der Waals surface area contributed by atoms with Gasteiger partial charge in [0.15, 0.2) is 0 Å². The zero-order valence-corrected chi connectivity index (χ0v) is 10.5. The summed E-state index contributed by atoms with van der Waals surface area (Å²) in [5.74, 6) is -0.646. The first-order valence-corrected chi connectivity index (χ1v) is 5.91. The second kappa shape index (κ2) is 6.23. The van der Waals surface area contributed by atoms with Gasteiger partial charge in [-0.3, -0.25) is 4.79 Å². The van der Waals surface area contributed by atoms with Crippen molar-refractivity contribution in [2.24, 2.45) is 0 Å². The van der Waals surface area contributed by atoms with Gasteiger partial charge in [-0.1, -0.05) is 19.9 Å². The lowest BCUT2D eigenvalue weighted by Crippen LogP contribution is -2.34. The van der Waals surface area contributed by atoms with E-state index in [1.54, 1.807) is 13.1 Å². The minimum Gasteiger partial charge on any atom is -0.385 e. The van der Waals surface area contributed by atoms with Crippen molar-refractivity contribution < 1.29 is 9.18 Å². The molecule has 0 radical (unpaired) electrons. The van der Waals surface area contributed by atoms with Crippen molar-refractivity contribution >= 4 is 11.6 Å². The van der Waals surface area contributed by atoms with Crippen molar-refractivity contribution in [2.45, 2.75) is 32.7 Å². The van der Waals surface area contributed by atoms with Gasteiger partial charge in [0.1, 0.15) is 5.82 Å². The van der Waals surface area contributed by atoms with E-state index in [2.05, 4.69) is 10.6 Å². The Kier molecular flexibility index (Phi) is 4.94. The molecule has 2 N–H and O–H groups in total. The monoisotopic (exact) mass is 238 g/mol. The Morgan fingerprint density at radius 2 is 2.00 bits per heavy atom. The summed E-state index contributed by atoms with van der Waals surface area (Å²) in [7, 11) is 1.60. The normalized spacial score (nSPS) is 10.4. The van der Waals surface area contributed by atoms with Gasteiger partial charge in [-0.15, -0.1) is 0 Å². The molecule has 0 aromatic heterocycles. The highest BCUT2D eigenvalue weighted by atomic mass is 19.1. The molecule has 0 unspecified atom stereocenters. The van der Waals surface area contributed by atoms with E-state index in [0.29, 0.717) is 5.56 Å². The van der Waals surface area contributed by atoms with Crippen LogP contribution >= 0.6 is 0 Å². The van der Waals surface area contributed by atoms with Gasteiger partial charge < -0.3 is 10.6 Å².